The van der Waals surface area contributed by atoms with Crippen molar-refractivity contribution in [3.05, 3.63) is 53.1 Å². The van der Waals surface area contributed by atoms with Crippen LogP contribution in [0.4, 0.5) is 0 Å². The van der Waals surface area contributed by atoms with Crippen molar-refractivity contribution < 1.29 is 0 Å². The number of benzene rings is 1. The fourth-order valence-corrected chi connectivity index (χ4v) is 2.09. The molecule has 0 aliphatic heterocycles. The maximum atomic E-state index is 4.21. The molecule has 2 aromatic heterocycles. The Bertz CT molecular complexity index is 631. The van der Waals surface area contributed by atoms with Crippen LogP contribution in [0.2, 0.25) is 0 Å². The minimum atomic E-state index is 0.835. The van der Waals surface area contributed by atoms with Gasteiger partial charge in [-0.1, -0.05) is 30.3 Å². The third-order valence-corrected chi connectivity index (χ3v) is 3.04. The van der Waals surface area contributed by atoms with Crippen LogP contribution in [0.5, 0.6) is 0 Å². The van der Waals surface area contributed by atoms with Crippen molar-refractivity contribution in [1.82, 2.24) is 14.6 Å². The second-order valence-electron chi connectivity index (χ2n) is 3.44. The Kier molecular flexibility index (Phi) is 2.22. The fraction of sp³-hybridized carbons (Fsp3) is 0. The number of hydrogen-bond donors (Lipinski definition) is 0. The van der Waals surface area contributed by atoms with Crippen LogP contribution in [0.1, 0.15) is 0 Å². The molecule has 16 heavy (non-hydrogen) atoms. The zero-order valence-corrected chi connectivity index (χ0v) is 9.92. The molecule has 0 amide bonds. The molecule has 3 rings (SSSR count). The van der Waals surface area contributed by atoms with Crippen LogP contribution in [0.3, 0.4) is 0 Å². The van der Waals surface area contributed by atoms with E-state index in [1.807, 2.05) is 53.1 Å². The van der Waals surface area contributed by atoms with Crippen LogP contribution < -0.4 is 0 Å². The van der Waals surface area contributed by atoms with Crippen LogP contribution in [-0.2, 0) is 0 Å². The first-order valence-corrected chi connectivity index (χ1v) is 5.70. The zero-order valence-electron chi connectivity index (χ0n) is 8.34. The Hall–Kier alpha value is -1.68. The van der Waals surface area contributed by atoms with E-state index in [1.165, 1.54) is 0 Å². The number of halogens is 1. The lowest BCUT2D eigenvalue weighted by Crippen LogP contribution is -1.88. The first kappa shape index (κ1) is 9.54. The first-order valence-electron chi connectivity index (χ1n) is 4.91. The van der Waals surface area contributed by atoms with Crippen LogP contribution >= 0.6 is 15.9 Å². The largest absolute Gasteiger partial charge is 0.281 e. The van der Waals surface area contributed by atoms with E-state index in [9.17, 15) is 0 Å². The molecule has 0 unspecified atom stereocenters. The van der Waals surface area contributed by atoms with Gasteiger partial charge in [0.05, 0.1) is 4.47 Å². The highest BCUT2D eigenvalue weighted by atomic mass is 79.9. The van der Waals surface area contributed by atoms with Gasteiger partial charge < -0.3 is 0 Å². The van der Waals surface area contributed by atoms with Crippen molar-refractivity contribution in [1.29, 1.82) is 0 Å². The highest BCUT2D eigenvalue weighted by Crippen LogP contribution is 2.21. The Morgan fingerprint density at radius 1 is 0.938 bits per heavy atom. The Balaban J connectivity index is 2.30. The smallest absolute Gasteiger partial charge is 0.175 e. The van der Waals surface area contributed by atoms with Crippen molar-refractivity contribution in [2.24, 2.45) is 0 Å². The normalized spacial score (nSPS) is 10.8. The third-order valence-electron chi connectivity index (χ3n) is 2.42. The summed E-state index contributed by atoms with van der Waals surface area (Å²) in [6.07, 6.45) is 1.96. The van der Waals surface area contributed by atoms with E-state index in [2.05, 4.69) is 26.1 Å². The van der Waals surface area contributed by atoms with E-state index >= 15 is 0 Å². The van der Waals surface area contributed by atoms with Crippen molar-refractivity contribution >= 4 is 21.6 Å². The lowest BCUT2D eigenvalue weighted by Gasteiger charge is -1.99. The van der Waals surface area contributed by atoms with E-state index in [-0.39, 0.29) is 0 Å². The molecule has 0 saturated heterocycles. The maximum Gasteiger partial charge on any atom is 0.175 e. The molecule has 0 radical (unpaired) electrons. The molecule has 3 aromatic rings. The third kappa shape index (κ3) is 1.42. The van der Waals surface area contributed by atoms with E-state index in [0.29, 0.717) is 0 Å². The number of hydrogen-bond acceptors (Lipinski definition) is 2. The second kappa shape index (κ2) is 3.72. The SMILES string of the molecule is Brc1cccn2c(-c3ccccc3)nnc12. The summed E-state index contributed by atoms with van der Waals surface area (Å²) in [5.74, 6) is 0.858. The number of pyridine rings is 1. The monoisotopic (exact) mass is 273 g/mol. The van der Waals surface area contributed by atoms with Crippen LogP contribution in [0.15, 0.2) is 53.1 Å². The second-order valence-corrected chi connectivity index (χ2v) is 4.29. The Labute approximate surface area is 101 Å². The van der Waals surface area contributed by atoms with Crippen molar-refractivity contribution in [3.8, 4) is 11.4 Å². The van der Waals surface area contributed by atoms with Gasteiger partial charge in [0, 0.05) is 11.8 Å². The van der Waals surface area contributed by atoms with Gasteiger partial charge in [-0.15, -0.1) is 10.2 Å². The quantitative estimate of drug-likeness (QED) is 0.682. The van der Waals surface area contributed by atoms with Crippen molar-refractivity contribution in [2.75, 3.05) is 0 Å². The van der Waals surface area contributed by atoms with Crippen LogP contribution in [0.25, 0.3) is 17.0 Å². The first-order chi connectivity index (χ1) is 7.86. The minimum absolute atomic E-state index is 0.835. The lowest BCUT2D eigenvalue weighted by molar-refractivity contribution is 1.11. The average molecular weight is 274 g/mol. The van der Waals surface area contributed by atoms with Gasteiger partial charge in [0.1, 0.15) is 0 Å². The molecule has 4 heteroatoms. The Morgan fingerprint density at radius 3 is 2.56 bits per heavy atom. The molecule has 1 aromatic carbocycles. The van der Waals surface area contributed by atoms with Crippen molar-refractivity contribution in [2.45, 2.75) is 0 Å². The van der Waals surface area contributed by atoms with E-state index in [1.54, 1.807) is 0 Å². The molecule has 0 bridgehead atoms. The van der Waals surface area contributed by atoms with E-state index in [0.717, 1.165) is 21.5 Å². The van der Waals surface area contributed by atoms with E-state index in [4.69, 9.17) is 0 Å². The summed E-state index contributed by atoms with van der Waals surface area (Å²) in [6.45, 7) is 0. The number of aromatic nitrogens is 3. The van der Waals surface area contributed by atoms with Crippen LogP contribution in [0, 0.1) is 0 Å². The molecular weight excluding hydrogens is 266 g/mol. The highest BCUT2D eigenvalue weighted by molar-refractivity contribution is 9.10. The topological polar surface area (TPSA) is 30.2 Å². The summed E-state index contributed by atoms with van der Waals surface area (Å²) in [6, 6.07) is 14.0. The fourth-order valence-electron chi connectivity index (χ4n) is 1.67. The predicted octanol–water partition coefficient (Wildman–Crippen LogP) is 3.16. The molecule has 0 spiro atoms. The van der Waals surface area contributed by atoms with Gasteiger partial charge in [-0.05, 0) is 28.1 Å². The molecule has 0 fully saturated rings. The number of nitrogens with zero attached hydrogens (tertiary/aromatic N) is 3. The highest BCUT2D eigenvalue weighted by Gasteiger charge is 2.08. The summed E-state index contributed by atoms with van der Waals surface area (Å²) in [7, 11) is 0. The molecule has 0 aliphatic rings. The van der Waals surface area contributed by atoms with Crippen molar-refractivity contribution in [3.63, 3.8) is 0 Å². The molecule has 78 valence electrons. The molecule has 0 N–H and O–H groups in total. The molecule has 3 nitrogen and oxygen atoms in total. The lowest BCUT2D eigenvalue weighted by atomic mass is 10.2. The minimum Gasteiger partial charge on any atom is -0.281 e. The van der Waals surface area contributed by atoms with Crippen LogP contribution in [-0.4, -0.2) is 14.6 Å². The van der Waals surface area contributed by atoms with E-state index < -0.39 is 0 Å². The average Bonchev–Trinajstić information content (AvgIpc) is 2.75. The van der Waals surface area contributed by atoms with Gasteiger partial charge in [0.2, 0.25) is 0 Å². The molecule has 0 saturated carbocycles. The standard InChI is InChI=1S/C12H8BrN3/c13-10-7-4-8-16-11(14-15-12(10)16)9-5-2-1-3-6-9/h1-8H. The zero-order chi connectivity index (χ0) is 11.0. The Morgan fingerprint density at radius 2 is 1.75 bits per heavy atom. The summed E-state index contributed by atoms with van der Waals surface area (Å²) < 4.78 is 2.92. The molecule has 0 atom stereocenters. The molecule has 0 aliphatic carbocycles. The van der Waals surface area contributed by atoms with Gasteiger partial charge in [0.25, 0.3) is 0 Å². The molecule has 2 heterocycles. The maximum absolute atomic E-state index is 4.21. The van der Waals surface area contributed by atoms with Gasteiger partial charge in [-0.2, -0.15) is 0 Å². The van der Waals surface area contributed by atoms with Gasteiger partial charge in [0.15, 0.2) is 11.5 Å². The summed E-state index contributed by atoms with van der Waals surface area (Å²) in [5.41, 5.74) is 1.90. The predicted molar refractivity (Wildman–Crippen MR) is 66.1 cm³/mol. The molecular formula is C12H8BrN3. The van der Waals surface area contributed by atoms with Gasteiger partial charge >= 0.3 is 0 Å². The van der Waals surface area contributed by atoms with Gasteiger partial charge in [-0.3, -0.25) is 4.40 Å². The summed E-state index contributed by atoms with van der Waals surface area (Å²) in [5, 5.41) is 8.37. The summed E-state index contributed by atoms with van der Waals surface area (Å²) in [4.78, 5) is 0. The number of rotatable bonds is 1. The van der Waals surface area contributed by atoms with Gasteiger partial charge in [-0.25, -0.2) is 0 Å². The summed E-state index contributed by atoms with van der Waals surface area (Å²) >= 11 is 3.46. The number of fused-ring (bicyclic) bond motifs is 1.